The van der Waals surface area contributed by atoms with Gasteiger partial charge in [-0.05, 0) is 24.5 Å². The van der Waals surface area contributed by atoms with Gasteiger partial charge >= 0.3 is 0 Å². The molecule has 0 saturated carbocycles. The number of rotatable bonds is 5. The molecule has 1 N–H and O–H groups in total. The summed E-state index contributed by atoms with van der Waals surface area (Å²) in [4.78, 5) is 26.0. The summed E-state index contributed by atoms with van der Waals surface area (Å²) in [5.74, 6) is -0.152. The van der Waals surface area contributed by atoms with Gasteiger partial charge < -0.3 is 15.0 Å². The van der Waals surface area contributed by atoms with E-state index in [4.69, 9.17) is 4.74 Å². The van der Waals surface area contributed by atoms with Crippen LogP contribution in [-0.2, 0) is 20.9 Å². The SMILES string of the molecule is COCC1C(C(=O)NCc2ccccc2C)CCC(=O)N1C. The molecule has 1 aliphatic heterocycles. The van der Waals surface area contributed by atoms with Crippen molar-refractivity contribution in [1.29, 1.82) is 0 Å². The van der Waals surface area contributed by atoms with Gasteiger partial charge in [0, 0.05) is 27.1 Å². The Morgan fingerprint density at radius 3 is 2.82 bits per heavy atom. The third-order valence-electron chi connectivity index (χ3n) is 4.41. The smallest absolute Gasteiger partial charge is 0.225 e. The summed E-state index contributed by atoms with van der Waals surface area (Å²) in [7, 11) is 3.34. The minimum atomic E-state index is -0.216. The molecule has 0 bridgehead atoms. The van der Waals surface area contributed by atoms with E-state index >= 15 is 0 Å². The van der Waals surface area contributed by atoms with E-state index in [2.05, 4.69) is 5.32 Å². The molecule has 5 heteroatoms. The number of likely N-dealkylation sites (tertiary alicyclic amines) is 1. The summed E-state index contributed by atoms with van der Waals surface area (Å²) < 4.78 is 5.19. The fourth-order valence-corrected chi connectivity index (χ4v) is 2.93. The minimum Gasteiger partial charge on any atom is -0.383 e. The van der Waals surface area contributed by atoms with Gasteiger partial charge in [-0.3, -0.25) is 9.59 Å². The number of amides is 2. The van der Waals surface area contributed by atoms with Gasteiger partial charge in [-0.15, -0.1) is 0 Å². The molecule has 1 fully saturated rings. The fourth-order valence-electron chi connectivity index (χ4n) is 2.93. The first-order valence-corrected chi connectivity index (χ1v) is 7.61. The topological polar surface area (TPSA) is 58.6 Å². The molecule has 1 aliphatic rings. The van der Waals surface area contributed by atoms with Crippen molar-refractivity contribution in [2.75, 3.05) is 20.8 Å². The number of likely N-dealkylation sites (N-methyl/N-ethyl adjacent to an activating group) is 1. The average Bonchev–Trinajstić information content (AvgIpc) is 2.51. The maximum atomic E-state index is 12.5. The van der Waals surface area contributed by atoms with Crippen LogP contribution in [0.3, 0.4) is 0 Å². The van der Waals surface area contributed by atoms with Crippen LogP contribution < -0.4 is 5.32 Å². The lowest BCUT2D eigenvalue weighted by molar-refractivity contribution is -0.143. The van der Waals surface area contributed by atoms with E-state index in [-0.39, 0.29) is 23.8 Å². The van der Waals surface area contributed by atoms with E-state index in [0.29, 0.717) is 26.0 Å². The van der Waals surface area contributed by atoms with Crippen LogP contribution in [0.1, 0.15) is 24.0 Å². The first-order valence-electron chi connectivity index (χ1n) is 7.61. The van der Waals surface area contributed by atoms with Crippen molar-refractivity contribution in [1.82, 2.24) is 10.2 Å². The standard InChI is InChI=1S/C17H24N2O3/c1-12-6-4-5-7-13(12)10-18-17(21)14-8-9-16(20)19(2)15(14)11-22-3/h4-7,14-15H,8-11H2,1-3H3,(H,18,21). The summed E-state index contributed by atoms with van der Waals surface area (Å²) in [6.07, 6.45) is 0.996. The zero-order chi connectivity index (χ0) is 16.1. The van der Waals surface area contributed by atoms with E-state index in [9.17, 15) is 9.59 Å². The third-order valence-corrected chi connectivity index (χ3v) is 4.41. The lowest BCUT2D eigenvalue weighted by atomic mass is 9.88. The van der Waals surface area contributed by atoms with E-state index in [1.807, 2.05) is 31.2 Å². The molecule has 2 rings (SSSR count). The lowest BCUT2D eigenvalue weighted by Gasteiger charge is -2.37. The van der Waals surface area contributed by atoms with Crippen molar-refractivity contribution in [3.05, 3.63) is 35.4 Å². The van der Waals surface area contributed by atoms with Crippen LogP contribution >= 0.6 is 0 Å². The van der Waals surface area contributed by atoms with Crippen LogP contribution in [0.2, 0.25) is 0 Å². The number of piperidine rings is 1. The molecule has 120 valence electrons. The predicted molar refractivity (Wildman–Crippen MR) is 84.2 cm³/mol. The Hall–Kier alpha value is -1.88. The van der Waals surface area contributed by atoms with Crippen molar-refractivity contribution in [3.63, 3.8) is 0 Å². The number of carbonyl (C=O) groups excluding carboxylic acids is 2. The Bertz CT molecular complexity index is 544. The molecular formula is C17H24N2O3. The predicted octanol–water partition coefficient (Wildman–Crippen LogP) is 1.49. The molecule has 22 heavy (non-hydrogen) atoms. The van der Waals surface area contributed by atoms with E-state index in [0.717, 1.165) is 11.1 Å². The number of methoxy groups -OCH3 is 1. The molecule has 0 aromatic heterocycles. The maximum absolute atomic E-state index is 12.5. The van der Waals surface area contributed by atoms with Gasteiger partial charge in [0.05, 0.1) is 18.6 Å². The minimum absolute atomic E-state index is 0.00958. The average molecular weight is 304 g/mol. The number of nitrogens with one attached hydrogen (secondary N) is 1. The number of ether oxygens (including phenoxy) is 1. The normalized spacial score (nSPS) is 21.8. The van der Waals surface area contributed by atoms with Gasteiger partial charge in [0.2, 0.25) is 11.8 Å². The van der Waals surface area contributed by atoms with Crippen molar-refractivity contribution in [2.45, 2.75) is 32.4 Å². The molecule has 0 spiro atoms. The van der Waals surface area contributed by atoms with Crippen molar-refractivity contribution >= 4 is 11.8 Å². The second-order valence-corrected chi connectivity index (χ2v) is 5.82. The quantitative estimate of drug-likeness (QED) is 0.897. The second kappa shape index (κ2) is 7.40. The zero-order valence-electron chi connectivity index (χ0n) is 13.5. The summed E-state index contributed by atoms with van der Waals surface area (Å²) in [6, 6.07) is 7.80. The highest BCUT2D eigenvalue weighted by molar-refractivity contribution is 5.84. The molecule has 1 heterocycles. The Labute approximate surface area is 131 Å². The van der Waals surface area contributed by atoms with Gasteiger partial charge in [-0.25, -0.2) is 0 Å². The van der Waals surface area contributed by atoms with Crippen LogP contribution in [0.15, 0.2) is 24.3 Å². The van der Waals surface area contributed by atoms with Gasteiger partial charge in [-0.2, -0.15) is 0 Å². The third kappa shape index (κ3) is 3.65. The highest BCUT2D eigenvalue weighted by atomic mass is 16.5. The largest absolute Gasteiger partial charge is 0.383 e. The van der Waals surface area contributed by atoms with Crippen LogP contribution in [0, 0.1) is 12.8 Å². The molecule has 1 aromatic carbocycles. The molecule has 1 saturated heterocycles. The van der Waals surface area contributed by atoms with Crippen molar-refractivity contribution in [3.8, 4) is 0 Å². The number of carbonyl (C=O) groups is 2. The van der Waals surface area contributed by atoms with Gasteiger partial charge in [0.25, 0.3) is 0 Å². The van der Waals surface area contributed by atoms with Crippen LogP contribution in [0.4, 0.5) is 0 Å². The molecule has 5 nitrogen and oxygen atoms in total. The molecule has 2 unspecified atom stereocenters. The van der Waals surface area contributed by atoms with Crippen LogP contribution in [0.5, 0.6) is 0 Å². The number of hydrogen-bond acceptors (Lipinski definition) is 3. The zero-order valence-corrected chi connectivity index (χ0v) is 13.5. The summed E-state index contributed by atoms with van der Waals surface area (Å²) in [5, 5.41) is 3.00. The Morgan fingerprint density at radius 1 is 1.41 bits per heavy atom. The molecule has 2 atom stereocenters. The van der Waals surface area contributed by atoms with Crippen molar-refractivity contribution < 1.29 is 14.3 Å². The number of aryl methyl sites for hydroxylation is 1. The van der Waals surface area contributed by atoms with E-state index in [1.165, 1.54) is 0 Å². The number of hydrogen-bond donors (Lipinski definition) is 1. The van der Waals surface area contributed by atoms with Gasteiger partial charge in [-0.1, -0.05) is 24.3 Å². The highest BCUT2D eigenvalue weighted by Crippen LogP contribution is 2.24. The second-order valence-electron chi connectivity index (χ2n) is 5.82. The molecule has 1 aromatic rings. The van der Waals surface area contributed by atoms with Gasteiger partial charge in [0.15, 0.2) is 0 Å². The number of benzene rings is 1. The van der Waals surface area contributed by atoms with E-state index in [1.54, 1.807) is 19.1 Å². The van der Waals surface area contributed by atoms with Crippen LogP contribution in [-0.4, -0.2) is 43.5 Å². The summed E-state index contributed by atoms with van der Waals surface area (Å²) in [6.45, 7) is 2.92. The molecule has 0 radical (unpaired) electrons. The highest BCUT2D eigenvalue weighted by Gasteiger charge is 2.37. The van der Waals surface area contributed by atoms with Gasteiger partial charge in [0.1, 0.15) is 0 Å². The fraction of sp³-hybridized carbons (Fsp3) is 0.529. The van der Waals surface area contributed by atoms with Crippen LogP contribution in [0.25, 0.3) is 0 Å². The maximum Gasteiger partial charge on any atom is 0.225 e. The monoisotopic (exact) mass is 304 g/mol. The first kappa shape index (κ1) is 16.5. The molecular weight excluding hydrogens is 280 g/mol. The Morgan fingerprint density at radius 2 is 2.14 bits per heavy atom. The van der Waals surface area contributed by atoms with E-state index < -0.39 is 0 Å². The first-order chi connectivity index (χ1) is 10.5. The summed E-state index contributed by atoms with van der Waals surface area (Å²) in [5.41, 5.74) is 2.27. The summed E-state index contributed by atoms with van der Waals surface area (Å²) >= 11 is 0. The Kier molecular flexibility index (Phi) is 5.55. The lowest BCUT2D eigenvalue weighted by Crippen LogP contribution is -2.53. The molecule has 0 aliphatic carbocycles. The van der Waals surface area contributed by atoms with Crippen molar-refractivity contribution in [2.24, 2.45) is 5.92 Å². The molecule has 2 amide bonds. The Balaban J connectivity index is 2.01. The number of nitrogens with zero attached hydrogens (tertiary/aromatic N) is 1.